The smallest absolute Gasteiger partial charge is 0.284 e. The predicted octanol–water partition coefficient (Wildman–Crippen LogP) is 5.60. The number of carbonyl (C=O) groups excluding carboxylic acids is 1. The van der Waals surface area contributed by atoms with Crippen LogP contribution in [-0.4, -0.2) is 22.3 Å². The van der Waals surface area contributed by atoms with Gasteiger partial charge in [0.1, 0.15) is 0 Å². The minimum absolute atomic E-state index is 0.0989. The second-order valence-corrected chi connectivity index (χ2v) is 8.21. The molecular weight excluding hydrogens is 408 g/mol. The first-order chi connectivity index (χ1) is 14.0. The van der Waals surface area contributed by atoms with Crippen LogP contribution < -0.4 is 0 Å². The summed E-state index contributed by atoms with van der Waals surface area (Å²) in [6, 6.07) is 19.8. The number of halogens is 1. The molecule has 0 aromatic heterocycles. The number of benzene rings is 3. The SMILES string of the molecule is O=C(c1ccc(Sc2ccccc2Cl)c([N+](=O)[O-])c1)N1CCc2ccccc2C1. The first-order valence-corrected chi connectivity index (χ1v) is 10.3. The number of nitro groups is 1. The van der Waals surface area contributed by atoms with Crippen molar-refractivity contribution >= 4 is 35.0 Å². The number of hydrogen-bond acceptors (Lipinski definition) is 4. The van der Waals surface area contributed by atoms with Crippen LogP contribution in [0.5, 0.6) is 0 Å². The van der Waals surface area contributed by atoms with Crippen LogP contribution in [0.25, 0.3) is 0 Å². The lowest BCUT2D eigenvalue weighted by Crippen LogP contribution is -2.35. The molecular formula is C22H17ClN2O3S. The third kappa shape index (κ3) is 4.13. The maximum Gasteiger partial charge on any atom is 0.284 e. The lowest BCUT2D eigenvalue weighted by atomic mass is 9.99. The number of carbonyl (C=O) groups is 1. The number of hydrogen-bond donors (Lipinski definition) is 0. The van der Waals surface area contributed by atoms with E-state index in [1.165, 1.54) is 23.4 Å². The molecule has 3 aromatic carbocycles. The van der Waals surface area contributed by atoms with Gasteiger partial charge in [-0.25, -0.2) is 0 Å². The van der Waals surface area contributed by atoms with Gasteiger partial charge >= 0.3 is 0 Å². The minimum Gasteiger partial charge on any atom is -0.334 e. The van der Waals surface area contributed by atoms with Crippen LogP contribution >= 0.6 is 23.4 Å². The Morgan fingerprint density at radius 2 is 1.72 bits per heavy atom. The van der Waals surface area contributed by atoms with Crippen LogP contribution in [0, 0.1) is 10.1 Å². The Bertz CT molecular complexity index is 1100. The summed E-state index contributed by atoms with van der Waals surface area (Å²) < 4.78 is 0. The topological polar surface area (TPSA) is 63.4 Å². The van der Waals surface area contributed by atoms with Gasteiger partial charge < -0.3 is 4.90 Å². The number of nitro benzene ring substituents is 1. The molecule has 0 fully saturated rings. The van der Waals surface area contributed by atoms with Crippen LogP contribution in [0.3, 0.4) is 0 Å². The first kappa shape index (κ1) is 19.5. The highest BCUT2D eigenvalue weighted by molar-refractivity contribution is 7.99. The van der Waals surface area contributed by atoms with Crippen molar-refractivity contribution in [2.24, 2.45) is 0 Å². The molecule has 1 amide bonds. The van der Waals surface area contributed by atoms with E-state index in [0.717, 1.165) is 16.9 Å². The van der Waals surface area contributed by atoms with Crippen molar-refractivity contribution in [3.8, 4) is 0 Å². The van der Waals surface area contributed by atoms with Crippen molar-refractivity contribution in [3.63, 3.8) is 0 Å². The molecule has 29 heavy (non-hydrogen) atoms. The van der Waals surface area contributed by atoms with Gasteiger partial charge in [0.15, 0.2) is 0 Å². The Kier molecular flexibility index (Phi) is 5.56. The molecule has 0 spiro atoms. The fourth-order valence-electron chi connectivity index (χ4n) is 3.38. The van der Waals surface area contributed by atoms with Crippen molar-refractivity contribution in [1.82, 2.24) is 4.90 Å². The molecule has 5 nitrogen and oxygen atoms in total. The van der Waals surface area contributed by atoms with Crippen molar-refractivity contribution < 1.29 is 9.72 Å². The molecule has 0 unspecified atom stereocenters. The molecule has 0 aliphatic carbocycles. The summed E-state index contributed by atoms with van der Waals surface area (Å²) in [7, 11) is 0. The Labute approximate surface area is 177 Å². The van der Waals surface area contributed by atoms with Crippen molar-refractivity contribution in [3.05, 3.63) is 98.6 Å². The lowest BCUT2D eigenvalue weighted by Gasteiger charge is -2.29. The lowest BCUT2D eigenvalue weighted by molar-refractivity contribution is -0.387. The zero-order valence-corrected chi connectivity index (χ0v) is 16.9. The summed E-state index contributed by atoms with van der Waals surface area (Å²) in [5.41, 5.74) is 2.58. The molecule has 0 saturated heterocycles. The average Bonchev–Trinajstić information content (AvgIpc) is 2.74. The van der Waals surface area contributed by atoms with Gasteiger partial charge in [0, 0.05) is 29.6 Å². The first-order valence-electron chi connectivity index (χ1n) is 9.10. The van der Waals surface area contributed by atoms with E-state index in [9.17, 15) is 14.9 Å². The number of rotatable bonds is 4. The molecule has 1 heterocycles. The van der Waals surface area contributed by atoms with Crippen LogP contribution in [0.1, 0.15) is 21.5 Å². The molecule has 3 aromatic rings. The molecule has 0 bridgehead atoms. The minimum atomic E-state index is -0.457. The molecule has 146 valence electrons. The highest BCUT2D eigenvalue weighted by atomic mass is 35.5. The standard InChI is InChI=1S/C22H17ClN2O3S/c23-18-7-3-4-8-20(18)29-21-10-9-16(13-19(21)25(27)28)22(26)24-12-11-15-5-1-2-6-17(15)14-24/h1-10,13H,11-12,14H2. The zero-order valence-electron chi connectivity index (χ0n) is 15.4. The summed E-state index contributed by atoms with van der Waals surface area (Å²) >= 11 is 7.40. The monoisotopic (exact) mass is 424 g/mol. The fraction of sp³-hybridized carbons (Fsp3) is 0.136. The number of amides is 1. The second kappa shape index (κ2) is 8.27. The summed E-state index contributed by atoms with van der Waals surface area (Å²) in [4.78, 5) is 27.1. The van der Waals surface area contributed by atoms with Gasteiger partial charge in [0.2, 0.25) is 0 Å². The van der Waals surface area contributed by atoms with E-state index in [2.05, 4.69) is 6.07 Å². The van der Waals surface area contributed by atoms with Gasteiger partial charge in [-0.15, -0.1) is 0 Å². The number of fused-ring (bicyclic) bond motifs is 1. The molecule has 4 rings (SSSR count). The molecule has 1 aliphatic rings. The summed E-state index contributed by atoms with van der Waals surface area (Å²) in [5.74, 6) is -0.197. The summed E-state index contributed by atoms with van der Waals surface area (Å²) in [6.07, 6.45) is 0.782. The largest absolute Gasteiger partial charge is 0.334 e. The second-order valence-electron chi connectivity index (χ2n) is 6.72. The fourth-order valence-corrected chi connectivity index (χ4v) is 4.55. The van der Waals surface area contributed by atoms with Gasteiger partial charge in [-0.05, 0) is 41.8 Å². The quantitative estimate of drug-likeness (QED) is 0.404. The van der Waals surface area contributed by atoms with Crippen LogP contribution in [0.15, 0.2) is 76.5 Å². The average molecular weight is 425 g/mol. The normalized spacial score (nSPS) is 13.1. The molecule has 0 radical (unpaired) electrons. The number of nitrogens with zero attached hydrogens (tertiary/aromatic N) is 2. The highest BCUT2D eigenvalue weighted by Gasteiger charge is 2.24. The van der Waals surface area contributed by atoms with Crippen molar-refractivity contribution in [1.29, 1.82) is 0 Å². The van der Waals surface area contributed by atoms with Crippen LogP contribution in [0.2, 0.25) is 5.02 Å². The Morgan fingerprint density at radius 3 is 2.48 bits per heavy atom. The molecule has 0 N–H and O–H groups in total. The summed E-state index contributed by atoms with van der Waals surface area (Å²) in [6.45, 7) is 1.11. The van der Waals surface area contributed by atoms with Gasteiger partial charge in [-0.3, -0.25) is 14.9 Å². The maximum atomic E-state index is 13.0. The summed E-state index contributed by atoms with van der Waals surface area (Å²) in [5, 5.41) is 12.2. The van der Waals surface area contributed by atoms with Gasteiger partial charge in [0.25, 0.3) is 11.6 Å². The zero-order chi connectivity index (χ0) is 20.4. The van der Waals surface area contributed by atoms with Gasteiger partial charge in [0.05, 0.1) is 14.8 Å². The van der Waals surface area contributed by atoms with E-state index in [1.807, 2.05) is 24.3 Å². The van der Waals surface area contributed by atoms with Crippen molar-refractivity contribution in [2.45, 2.75) is 22.8 Å². The van der Waals surface area contributed by atoms with Crippen LogP contribution in [0.4, 0.5) is 5.69 Å². The van der Waals surface area contributed by atoms with E-state index in [0.29, 0.717) is 28.6 Å². The van der Waals surface area contributed by atoms with E-state index >= 15 is 0 Å². The van der Waals surface area contributed by atoms with Gasteiger partial charge in [-0.2, -0.15) is 0 Å². The molecule has 0 saturated carbocycles. The Hall–Kier alpha value is -2.83. The third-order valence-corrected chi connectivity index (χ3v) is 6.46. The third-order valence-electron chi connectivity index (χ3n) is 4.88. The molecule has 0 atom stereocenters. The van der Waals surface area contributed by atoms with E-state index in [-0.39, 0.29) is 11.6 Å². The van der Waals surface area contributed by atoms with E-state index < -0.39 is 4.92 Å². The maximum absolute atomic E-state index is 13.0. The Balaban J connectivity index is 1.60. The van der Waals surface area contributed by atoms with Gasteiger partial charge in [-0.1, -0.05) is 59.8 Å². The van der Waals surface area contributed by atoms with E-state index in [1.54, 1.807) is 35.2 Å². The predicted molar refractivity (Wildman–Crippen MR) is 114 cm³/mol. The Morgan fingerprint density at radius 1 is 1.00 bits per heavy atom. The highest BCUT2D eigenvalue weighted by Crippen LogP contribution is 2.38. The molecule has 1 aliphatic heterocycles. The van der Waals surface area contributed by atoms with Crippen LogP contribution in [-0.2, 0) is 13.0 Å². The van der Waals surface area contributed by atoms with E-state index in [4.69, 9.17) is 11.6 Å². The van der Waals surface area contributed by atoms with Crippen molar-refractivity contribution in [2.75, 3.05) is 6.54 Å². The molecule has 7 heteroatoms.